The van der Waals surface area contributed by atoms with Gasteiger partial charge >= 0.3 is 0 Å². The van der Waals surface area contributed by atoms with Crippen molar-refractivity contribution in [2.75, 3.05) is 20.3 Å². The molecular weight excluding hydrogens is 286 g/mol. The van der Waals surface area contributed by atoms with Gasteiger partial charge in [-0.2, -0.15) is 0 Å². The average Bonchev–Trinajstić information content (AvgIpc) is 3.05. The highest BCUT2D eigenvalue weighted by Gasteiger charge is 2.03. The molecule has 4 nitrogen and oxygen atoms in total. The van der Waals surface area contributed by atoms with Crippen molar-refractivity contribution < 1.29 is 14.3 Å². The van der Waals surface area contributed by atoms with Gasteiger partial charge in [0.15, 0.2) is 11.5 Å². The van der Waals surface area contributed by atoms with Gasteiger partial charge in [-0.3, -0.25) is 4.79 Å². The number of hydrogen-bond acceptors (Lipinski definition) is 4. The first-order valence-corrected chi connectivity index (χ1v) is 7.22. The fraction of sp³-hybridized carbons (Fsp3) is 0.188. The number of carbonyl (C=O) groups is 1. The Morgan fingerprint density at radius 1 is 1.19 bits per heavy atom. The van der Waals surface area contributed by atoms with Crippen LogP contribution in [0.1, 0.15) is 9.67 Å². The molecule has 108 valence electrons. The molecule has 2 aromatic rings. The summed E-state index contributed by atoms with van der Waals surface area (Å²) in [5, 5.41) is 4.59. The first-order chi connectivity index (χ1) is 10.3. The maximum absolute atomic E-state index is 11.6. The maximum Gasteiger partial charge on any atom is 0.262 e. The van der Waals surface area contributed by atoms with E-state index < -0.39 is 0 Å². The molecule has 0 bridgehead atoms. The Morgan fingerprint density at radius 2 is 2.00 bits per heavy atom. The van der Waals surface area contributed by atoms with Gasteiger partial charge in [0, 0.05) is 0 Å². The van der Waals surface area contributed by atoms with E-state index in [9.17, 15) is 4.79 Å². The van der Waals surface area contributed by atoms with Crippen LogP contribution in [0.3, 0.4) is 0 Å². The van der Waals surface area contributed by atoms with Gasteiger partial charge in [0.2, 0.25) is 0 Å². The molecule has 1 amide bonds. The highest BCUT2D eigenvalue weighted by atomic mass is 32.1. The molecule has 0 saturated carbocycles. The third kappa shape index (κ3) is 4.55. The lowest BCUT2D eigenvalue weighted by Gasteiger charge is -2.07. The SMILES string of the molecule is COc1ccccc1OCC#CCNC(=O)c1cccs1. The number of thiophene rings is 1. The third-order valence-electron chi connectivity index (χ3n) is 2.58. The Labute approximate surface area is 127 Å². The van der Waals surface area contributed by atoms with Gasteiger partial charge in [0.1, 0.15) is 6.61 Å². The van der Waals surface area contributed by atoms with Gasteiger partial charge in [-0.15, -0.1) is 11.3 Å². The first-order valence-electron chi connectivity index (χ1n) is 6.34. The summed E-state index contributed by atoms with van der Waals surface area (Å²) in [7, 11) is 1.59. The van der Waals surface area contributed by atoms with Gasteiger partial charge < -0.3 is 14.8 Å². The molecule has 2 rings (SSSR count). The largest absolute Gasteiger partial charge is 0.493 e. The van der Waals surface area contributed by atoms with Crippen molar-refractivity contribution in [1.29, 1.82) is 0 Å². The summed E-state index contributed by atoms with van der Waals surface area (Å²) >= 11 is 1.40. The van der Waals surface area contributed by atoms with E-state index in [4.69, 9.17) is 9.47 Å². The van der Waals surface area contributed by atoms with Crippen LogP contribution in [0.4, 0.5) is 0 Å². The summed E-state index contributed by atoms with van der Waals surface area (Å²) < 4.78 is 10.7. The summed E-state index contributed by atoms with van der Waals surface area (Å²) in [5.74, 6) is 6.90. The van der Waals surface area contributed by atoms with Crippen molar-refractivity contribution >= 4 is 17.2 Å². The molecule has 0 aliphatic heterocycles. The van der Waals surface area contributed by atoms with Gasteiger partial charge in [-0.05, 0) is 23.6 Å². The molecule has 1 heterocycles. The minimum Gasteiger partial charge on any atom is -0.493 e. The van der Waals surface area contributed by atoms with Gasteiger partial charge in [-0.1, -0.05) is 30.0 Å². The van der Waals surface area contributed by atoms with Crippen LogP contribution in [-0.4, -0.2) is 26.2 Å². The van der Waals surface area contributed by atoms with Crippen molar-refractivity contribution in [2.45, 2.75) is 0 Å². The molecule has 1 aromatic carbocycles. The molecule has 0 atom stereocenters. The number of methoxy groups -OCH3 is 1. The van der Waals surface area contributed by atoms with Crippen LogP contribution in [0.5, 0.6) is 11.5 Å². The highest BCUT2D eigenvalue weighted by Crippen LogP contribution is 2.25. The number of para-hydroxylation sites is 2. The second-order valence-corrected chi connectivity index (χ2v) is 4.90. The Morgan fingerprint density at radius 3 is 2.71 bits per heavy atom. The lowest BCUT2D eigenvalue weighted by molar-refractivity contribution is 0.0962. The normalized spacial score (nSPS) is 9.38. The van der Waals surface area contributed by atoms with E-state index in [1.165, 1.54) is 11.3 Å². The van der Waals surface area contributed by atoms with Gasteiger partial charge in [-0.25, -0.2) is 0 Å². The maximum atomic E-state index is 11.6. The Hall–Kier alpha value is -2.45. The second-order valence-electron chi connectivity index (χ2n) is 3.95. The van der Waals surface area contributed by atoms with Crippen LogP contribution >= 0.6 is 11.3 Å². The quantitative estimate of drug-likeness (QED) is 0.864. The summed E-state index contributed by atoms with van der Waals surface area (Å²) in [6, 6.07) is 11.0. The smallest absolute Gasteiger partial charge is 0.262 e. The lowest BCUT2D eigenvalue weighted by atomic mass is 10.3. The fourth-order valence-corrected chi connectivity index (χ4v) is 2.22. The number of ether oxygens (including phenoxy) is 2. The van der Waals surface area contributed by atoms with E-state index in [0.717, 1.165) is 0 Å². The van der Waals surface area contributed by atoms with Crippen LogP contribution in [0, 0.1) is 11.8 Å². The molecular formula is C16H15NO3S. The Bertz CT molecular complexity index is 641. The van der Waals surface area contributed by atoms with Crippen molar-refractivity contribution in [2.24, 2.45) is 0 Å². The highest BCUT2D eigenvalue weighted by molar-refractivity contribution is 7.12. The van der Waals surface area contributed by atoms with E-state index in [1.54, 1.807) is 13.2 Å². The van der Waals surface area contributed by atoms with Gasteiger partial charge in [0.25, 0.3) is 5.91 Å². The minimum absolute atomic E-state index is 0.107. The van der Waals surface area contributed by atoms with Crippen molar-refractivity contribution in [3.05, 3.63) is 46.7 Å². The predicted octanol–water partition coefficient (Wildman–Crippen LogP) is 2.57. The van der Waals surface area contributed by atoms with E-state index in [0.29, 0.717) is 22.9 Å². The summed E-state index contributed by atoms with van der Waals surface area (Å²) in [6.07, 6.45) is 0. The third-order valence-corrected chi connectivity index (χ3v) is 3.44. The van der Waals surface area contributed by atoms with E-state index in [1.807, 2.05) is 35.7 Å². The number of carbonyl (C=O) groups excluding carboxylic acids is 1. The number of hydrogen-bond donors (Lipinski definition) is 1. The van der Waals surface area contributed by atoms with E-state index in [2.05, 4.69) is 17.2 Å². The fourth-order valence-electron chi connectivity index (χ4n) is 1.58. The summed E-state index contributed by atoms with van der Waals surface area (Å²) in [6.45, 7) is 0.543. The van der Waals surface area contributed by atoms with Crippen LogP contribution in [0.2, 0.25) is 0 Å². The van der Waals surface area contributed by atoms with Crippen LogP contribution in [0.15, 0.2) is 41.8 Å². The lowest BCUT2D eigenvalue weighted by Crippen LogP contribution is -2.22. The zero-order valence-corrected chi connectivity index (χ0v) is 12.4. The number of nitrogens with one attached hydrogen (secondary N) is 1. The molecule has 5 heteroatoms. The standard InChI is InChI=1S/C16H15NO3S/c1-19-13-7-2-3-8-14(13)20-11-5-4-10-17-16(18)15-9-6-12-21-15/h2-3,6-9,12H,10-11H2,1H3,(H,17,18). The summed E-state index contributed by atoms with van der Waals surface area (Å²) in [4.78, 5) is 12.3. The Kier molecular flexibility index (Phi) is 5.68. The number of amides is 1. The molecule has 0 saturated heterocycles. The van der Waals surface area contributed by atoms with Crippen LogP contribution < -0.4 is 14.8 Å². The topological polar surface area (TPSA) is 47.6 Å². The van der Waals surface area contributed by atoms with E-state index >= 15 is 0 Å². The zero-order chi connectivity index (χ0) is 14.9. The minimum atomic E-state index is -0.107. The van der Waals surface area contributed by atoms with Gasteiger partial charge in [0.05, 0.1) is 18.5 Å². The van der Waals surface area contributed by atoms with Crippen LogP contribution in [0.25, 0.3) is 0 Å². The molecule has 0 spiro atoms. The molecule has 0 aliphatic rings. The monoisotopic (exact) mass is 301 g/mol. The van der Waals surface area contributed by atoms with Crippen molar-refractivity contribution in [1.82, 2.24) is 5.32 Å². The predicted molar refractivity (Wildman–Crippen MR) is 82.9 cm³/mol. The molecule has 0 radical (unpaired) electrons. The van der Waals surface area contributed by atoms with Crippen molar-refractivity contribution in [3.8, 4) is 23.3 Å². The molecule has 0 fully saturated rings. The average molecular weight is 301 g/mol. The van der Waals surface area contributed by atoms with E-state index in [-0.39, 0.29) is 12.5 Å². The first kappa shape index (κ1) is 14.9. The number of benzene rings is 1. The molecule has 0 aliphatic carbocycles. The second kappa shape index (κ2) is 7.98. The number of rotatable bonds is 5. The van der Waals surface area contributed by atoms with Crippen molar-refractivity contribution in [3.63, 3.8) is 0 Å². The molecule has 1 aromatic heterocycles. The Balaban J connectivity index is 1.73. The molecule has 21 heavy (non-hydrogen) atoms. The molecule has 0 unspecified atom stereocenters. The zero-order valence-electron chi connectivity index (χ0n) is 11.6. The van der Waals surface area contributed by atoms with Crippen LogP contribution in [-0.2, 0) is 0 Å². The molecule has 1 N–H and O–H groups in total. The summed E-state index contributed by atoms with van der Waals surface area (Å²) in [5.41, 5.74) is 0.